The van der Waals surface area contributed by atoms with E-state index >= 15 is 0 Å². The van der Waals surface area contributed by atoms with Crippen LogP contribution in [0.5, 0.6) is 0 Å². The summed E-state index contributed by atoms with van der Waals surface area (Å²) in [5.41, 5.74) is 10.0. The van der Waals surface area contributed by atoms with Gasteiger partial charge in [0, 0.05) is 30.9 Å². The fraction of sp³-hybridized carbons (Fsp3) is 0.111. The Morgan fingerprint density at radius 2 is 1.58 bits per heavy atom. The molecular formula is C27H25N3O2S. The van der Waals surface area contributed by atoms with Gasteiger partial charge in [-0.25, -0.2) is 0 Å². The van der Waals surface area contributed by atoms with Crippen LogP contribution < -0.4 is 11.1 Å². The molecule has 1 aromatic heterocycles. The molecule has 0 radical (unpaired) electrons. The van der Waals surface area contributed by atoms with Crippen molar-refractivity contribution in [2.45, 2.75) is 19.6 Å². The van der Waals surface area contributed by atoms with Gasteiger partial charge in [-0.3, -0.25) is 9.59 Å². The second kappa shape index (κ2) is 10.7. The SMILES string of the molecule is NCc1cccc(CN(Cc2ccccc2NC(=O)c2cccs2)C(=O)c2ccccc2)c1. The Morgan fingerprint density at radius 3 is 2.33 bits per heavy atom. The molecule has 0 bridgehead atoms. The molecule has 3 aromatic carbocycles. The summed E-state index contributed by atoms with van der Waals surface area (Å²) in [6.07, 6.45) is 0. The van der Waals surface area contributed by atoms with Crippen LogP contribution in [-0.2, 0) is 19.6 Å². The van der Waals surface area contributed by atoms with E-state index in [9.17, 15) is 9.59 Å². The maximum absolute atomic E-state index is 13.4. The second-order valence-corrected chi connectivity index (χ2v) is 8.59. The summed E-state index contributed by atoms with van der Waals surface area (Å²) in [6, 6.07) is 28.4. The fourth-order valence-corrected chi connectivity index (χ4v) is 4.23. The first-order valence-electron chi connectivity index (χ1n) is 10.7. The van der Waals surface area contributed by atoms with Crippen LogP contribution in [0.15, 0.2) is 96.4 Å². The van der Waals surface area contributed by atoms with Gasteiger partial charge in [-0.1, -0.05) is 66.7 Å². The first kappa shape index (κ1) is 22.5. The van der Waals surface area contributed by atoms with E-state index in [0.717, 1.165) is 16.7 Å². The molecule has 3 N–H and O–H groups in total. The van der Waals surface area contributed by atoms with Crippen molar-refractivity contribution in [2.75, 3.05) is 5.32 Å². The minimum atomic E-state index is -0.158. The van der Waals surface area contributed by atoms with Crippen molar-refractivity contribution in [3.05, 3.63) is 124 Å². The van der Waals surface area contributed by atoms with Crippen molar-refractivity contribution in [3.8, 4) is 0 Å². The molecule has 166 valence electrons. The molecule has 0 aliphatic rings. The van der Waals surface area contributed by atoms with Crippen LogP contribution >= 0.6 is 11.3 Å². The lowest BCUT2D eigenvalue weighted by Crippen LogP contribution is -2.30. The Hall–Kier alpha value is -3.74. The molecule has 33 heavy (non-hydrogen) atoms. The van der Waals surface area contributed by atoms with Crippen molar-refractivity contribution in [1.29, 1.82) is 0 Å². The topological polar surface area (TPSA) is 75.4 Å². The van der Waals surface area contributed by atoms with E-state index in [4.69, 9.17) is 5.73 Å². The summed E-state index contributed by atoms with van der Waals surface area (Å²) in [5, 5.41) is 4.87. The van der Waals surface area contributed by atoms with E-state index in [1.54, 1.807) is 11.0 Å². The number of anilines is 1. The van der Waals surface area contributed by atoms with E-state index in [0.29, 0.717) is 35.8 Å². The van der Waals surface area contributed by atoms with E-state index in [2.05, 4.69) is 5.32 Å². The van der Waals surface area contributed by atoms with E-state index < -0.39 is 0 Å². The summed E-state index contributed by atoms with van der Waals surface area (Å²) in [6.45, 7) is 1.22. The van der Waals surface area contributed by atoms with Gasteiger partial charge in [0.25, 0.3) is 11.8 Å². The second-order valence-electron chi connectivity index (χ2n) is 7.64. The van der Waals surface area contributed by atoms with Crippen LogP contribution in [0.3, 0.4) is 0 Å². The average molecular weight is 456 g/mol. The van der Waals surface area contributed by atoms with E-state index in [1.807, 2.05) is 90.3 Å². The van der Waals surface area contributed by atoms with Gasteiger partial charge < -0.3 is 16.0 Å². The van der Waals surface area contributed by atoms with Gasteiger partial charge in [-0.2, -0.15) is 0 Å². The Labute approximate surface area is 197 Å². The normalized spacial score (nSPS) is 10.6. The molecule has 2 amide bonds. The predicted octanol–water partition coefficient (Wildman–Crippen LogP) is 5.30. The van der Waals surface area contributed by atoms with Crippen molar-refractivity contribution < 1.29 is 9.59 Å². The van der Waals surface area contributed by atoms with E-state index in [1.165, 1.54) is 11.3 Å². The van der Waals surface area contributed by atoms with Gasteiger partial charge in [0.15, 0.2) is 0 Å². The quantitative estimate of drug-likeness (QED) is 0.378. The van der Waals surface area contributed by atoms with Crippen LogP contribution in [-0.4, -0.2) is 16.7 Å². The smallest absolute Gasteiger partial charge is 0.265 e. The summed E-state index contributed by atoms with van der Waals surface area (Å²) >= 11 is 1.39. The van der Waals surface area contributed by atoms with Gasteiger partial charge in [-0.05, 0) is 46.3 Å². The number of carbonyl (C=O) groups excluding carboxylic acids is 2. The van der Waals surface area contributed by atoms with Crippen molar-refractivity contribution in [1.82, 2.24) is 4.90 Å². The standard InChI is InChI=1S/C27H25N3O2S/c28-17-20-8-6-9-21(16-20)18-30(27(32)22-10-2-1-3-11-22)19-23-12-4-5-13-24(23)29-26(31)25-14-7-15-33-25/h1-16H,17-19,28H2,(H,29,31). The number of nitrogens with two attached hydrogens (primary N) is 1. The Kier molecular flexibility index (Phi) is 7.29. The number of nitrogens with one attached hydrogen (secondary N) is 1. The monoisotopic (exact) mass is 455 g/mol. The Bertz CT molecular complexity index is 1220. The number of benzene rings is 3. The molecule has 0 saturated carbocycles. The molecule has 0 unspecified atom stereocenters. The number of hydrogen-bond donors (Lipinski definition) is 2. The number of para-hydroxylation sites is 1. The number of thiophene rings is 1. The van der Waals surface area contributed by atoms with Crippen LogP contribution in [0.1, 0.15) is 36.7 Å². The lowest BCUT2D eigenvalue weighted by molar-refractivity contribution is 0.0730. The number of amides is 2. The van der Waals surface area contributed by atoms with Crippen molar-refractivity contribution in [3.63, 3.8) is 0 Å². The zero-order valence-electron chi connectivity index (χ0n) is 18.1. The van der Waals surface area contributed by atoms with Gasteiger partial charge in [-0.15, -0.1) is 11.3 Å². The molecule has 4 aromatic rings. The molecule has 1 heterocycles. The highest BCUT2D eigenvalue weighted by Crippen LogP contribution is 2.22. The van der Waals surface area contributed by atoms with E-state index in [-0.39, 0.29) is 11.8 Å². The highest BCUT2D eigenvalue weighted by molar-refractivity contribution is 7.12. The molecule has 0 aliphatic heterocycles. The summed E-state index contributed by atoms with van der Waals surface area (Å²) < 4.78 is 0. The molecule has 0 saturated heterocycles. The minimum absolute atomic E-state index is 0.0758. The molecule has 0 aliphatic carbocycles. The maximum Gasteiger partial charge on any atom is 0.265 e. The van der Waals surface area contributed by atoms with Crippen LogP contribution in [0, 0.1) is 0 Å². The Morgan fingerprint density at radius 1 is 0.818 bits per heavy atom. The van der Waals surface area contributed by atoms with Crippen LogP contribution in [0.4, 0.5) is 5.69 Å². The number of hydrogen-bond acceptors (Lipinski definition) is 4. The summed E-state index contributed by atoms with van der Waals surface area (Å²) in [7, 11) is 0. The number of rotatable bonds is 8. The molecule has 0 spiro atoms. The third-order valence-electron chi connectivity index (χ3n) is 5.28. The largest absolute Gasteiger partial charge is 0.330 e. The predicted molar refractivity (Wildman–Crippen MR) is 133 cm³/mol. The first-order chi connectivity index (χ1) is 16.1. The molecule has 6 heteroatoms. The lowest BCUT2D eigenvalue weighted by Gasteiger charge is -2.25. The zero-order chi connectivity index (χ0) is 23.0. The highest BCUT2D eigenvalue weighted by atomic mass is 32.1. The molecule has 5 nitrogen and oxygen atoms in total. The number of carbonyl (C=O) groups is 2. The summed E-state index contributed by atoms with van der Waals surface area (Å²) in [4.78, 5) is 28.5. The van der Waals surface area contributed by atoms with Gasteiger partial charge in [0.2, 0.25) is 0 Å². The first-order valence-corrected chi connectivity index (χ1v) is 11.6. The fourth-order valence-electron chi connectivity index (χ4n) is 3.62. The average Bonchev–Trinajstić information content (AvgIpc) is 3.40. The van der Waals surface area contributed by atoms with Crippen molar-refractivity contribution >= 4 is 28.8 Å². The van der Waals surface area contributed by atoms with Crippen molar-refractivity contribution in [2.24, 2.45) is 5.73 Å². The van der Waals surface area contributed by atoms with Gasteiger partial charge in [0.05, 0.1) is 4.88 Å². The summed E-state index contributed by atoms with van der Waals surface area (Å²) in [5.74, 6) is -0.234. The number of nitrogens with zero attached hydrogens (tertiary/aromatic N) is 1. The highest BCUT2D eigenvalue weighted by Gasteiger charge is 2.19. The van der Waals surface area contributed by atoms with Crippen LogP contribution in [0.25, 0.3) is 0 Å². The molecule has 0 fully saturated rings. The van der Waals surface area contributed by atoms with Crippen LogP contribution in [0.2, 0.25) is 0 Å². The lowest BCUT2D eigenvalue weighted by atomic mass is 10.1. The molecular weight excluding hydrogens is 430 g/mol. The third-order valence-corrected chi connectivity index (χ3v) is 6.15. The maximum atomic E-state index is 13.4. The Balaban J connectivity index is 1.62. The molecule has 0 atom stereocenters. The van der Waals surface area contributed by atoms with Gasteiger partial charge in [0.1, 0.15) is 0 Å². The zero-order valence-corrected chi connectivity index (χ0v) is 18.9. The van der Waals surface area contributed by atoms with Gasteiger partial charge >= 0.3 is 0 Å². The molecule has 4 rings (SSSR count). The third kappa shape index (κ3) is 5.74. The minimum Gasteiger partial charge on any atom is -0.330 e.